The standard InChI is InChI=1S/C12H12N4O2/c1-8-15-11(18-16-8)3-6-14-12-9-4-7-17-10(9)2-5-13-12/h2,4-5,7H,3,6H2,1H3,(H,13,14). The number of anilines is 1. The maximum Gasteiger partial charge on any atom is 0.228 e. The van der Waals surface area contributed by atoms with Crippen LogP contribution in [0.15, 0.2) is 33.5 Å². The molecule has 0 bridgehead atoms. The highest BCUT2D eigenvalue weighted by atomic mass is 16.5. The van der Waals surface area contributed by atoms with Crippen molar-refractivity contribution in [2.45, 2.75) is 13.3 Å². The smallest absolute Gasteiger partial charge is 0.228 e. The van der Waals surface area contributed by atoms with Crippen molar-refractivity contribution in [3.63, 3.8) is 0 Å². The fourth-order valence-corrected chi connectivity index (χ4v) is 1.77. The molecule has 3 aromatic rings. The van der Waals surface area contributed by atoms with Gasteiger partial charge in [-0.1, -0.05) is 5.16 Å². The lowest BCUT2D eigenvalue weighted by Gasteiger charge is -2.03. The molecule has 6 nitrogen and oxygen atoms in total. The second kappa shape index (κ2) is 4.48. The van der Waals surface area contributed by atoms with E-state index in [2.05, 4.69) is 20.4 Å². The lowest BCUT2D eigenvalue weighted by Crippen LogP contribution is -2.06. The molecular formula is C12H12N4O2. The van der Waals surface area contributed by atoms with Crippen molar-refractivity contribution < 1.29 is 8.94 Å². The van der Waals surface area contributed by atoms with Crippen molar-refractivity contribution in [2.75, 3.05) is 11.9 Å². The van der Waals surface area contributed by atoms with Gasteiger partial charge in [0, 0.05) is 19.2 Å². The Hall–Kier alpha value is -2.37. The Morgan fingerprint density at radius 1 is 1.33 bits per heavy atom. The molecule has 0 amide bonds. The second-order valence-corrected chi connectivity index (χ2v) is 3.90. The monoisotopic (exact) mass is 244 g/mol. The van der Waals surface area contributed by atoms with Gasteiger partial charge in [0.25, 0.3) is 0 Å². The van der Waals surface area contributed by atoms with Gasteiger partial charge in [-0.25, -0.2) is 4.98 Å². The highest BCUT2D eigenvalue weighted by molar-refractivity contribution is 5.87. The van der Waals surface area contributed by atoms with Crippen LogP contribution in [0.5, 0.6) is 0 Å². The Balaban J connectivity index is 1.68. The van der Waals surface area contributed by atoms with E-state index in [1.54, 1.807) is 19.4 Å². The third-order valence-electron chi connectivity index (χ3n) is 2.58. The second-order valence-electron chi connectivity index (χ2n) is 3.90. The van der Waals surface area contributed by atoms with E-state index in [4.69, 9.17) is 8.94 Å². The normalized spacial score (nSPS) is 10.9. The zero-order valence-electron chi connectivity index (χ0n) is 9.88. The number of fused-ring (bicyclic) bond motifs is 1. The molecule has 0 spiro atoms. The van der Waals surface area contributed by atoms with Gasteiger partial charge in [-0.2, -0.15) is 4.98 Å². The number of pyridine rings is 1. The van der Waals surface area contributed by atoms with Crippen molar-refractivity contribution >= 4 is 16.8 Å². The topological polar surface area (TPSA) is 77.0 Å². The summed E-state index contributed by atoms with van der Waals surface area (Å²) in [5, 5.41) is 7.94. The van der Waals surface area contributed by atoms with Gasteiger partial charge in [0.05, 0.1) is 11.6 Å². The summed E-state index contributed by atoms with van der Waals surface area (Å²) in [5.74, 6) is 2.08. The number of rotatable bonds is 4. The number of hydrogen-bond acceptors (Lipinski definition) is 6. The van der Waals surface area contributed by atoms with E-state index in [0.29, 0.717) is 24.7 Å². The predicted octanol–water partition coefficient (Wildman–Crippen LogP) is 2.17. The summed E-state index contributed by atoms with van der Waals surface area (Å²) in [6.45, 7) is 2.48. The molecule has 3 rings (SSSR count). The van der Waals surface area contributed by atoms with Crippen LogP contribution in [0.1, 0.15) is 11.7 Å². The van der Waals surface area contributed by atoms with Crippen LogP contribution in [0.4, 0.5) is 5.82 Å². The predicted molar refractivity (Wildman–Crippen MR) is 65.2 cm³/mol. The highest BCUT2D eigenvalue weighted by Crippen LogP contribution is 2.21. The van der Waals surface area contributed by atoms with Gasteiger partial charge in [-0.15, -0.1) is 0 Å². The zero-order chi connectivity index (χ0) is 12.4. The van der Waals surface area contributed by atoms with Crippen LogP contribution in [0.2, 0.25) is 0 Å². The minimum Gasteiger partial charge on any atom is -0.464 e. The van der Waals surface area contributed by atoms with E-state index in [-0.39, 0.29) is 0 Å². The van der Waals surface area contributed by atoms with Crippen LogP contribution in [-0.4, -0.2) is 21.7 Å². The number of furan rings is 1. The van der Waals surface area contributed by atoms with Crippen LogP contribution in [-0.2, 0) is 6.42 Å². The van der Waals surface area contributed by atoms with Crippen LogP contribution >= 0.6 is 0 Å². The molecule has 92 valence electrons. The number of nitrogens with zero attached hydrogens (tertiary/aromatic N) is 3. The van der Waals surface area contributed by atoms with Gasteiger partial charge < -0.3 is 14.3 Å². The van der Waals surface area contributed by atoms with Crippen LogP contribution in [0.3, 0.4) is 0 Å². The summed E-state index contributed by atoms with van der Waals surface area (Å²) < 4.78 is 10.3. The van der Waals surface area contributed by atoms with E-state index in [9.17, 15) is 0 Å². The van der Waals surface area contributed by atoms with Crippen LogP contribution in [0.25, 0.3) is 11.0 Å². The fraction of sp³-hybridized carbons (Fsp3) is 0.250. The first-order valence-electron chi connectivity index (χ1n) is 5.68. The van der Waals surface area contributed by atoms with Gasteiger partial charge in [-0.05, 0) is 19.1 Å². The summed E-state index contributed by atoms with van der Waals surface area (Å²) in [6, 6.07) is 3.73. The molecule has 0 atom stereocenters. The first-order chi connectivity index (χ1) is 8.83. The maximum atomic E-state index is 5.31. The lowest BCUT2D eigenvalue weighted by molar-refractivity contribution is 0.377. The summed E-state index contributed by atoms with van der Waals surface area (Å²) in [6.07, 6.45) is 4.03. The Labute approximate surface area is 103 Å². The SMILES string of the molecule is Cc1noc(CCNc2nccc3occc23)n1. The van der Waals surface area contributed by atoms with Crippen LogP contribution < -0.4 is 5.32 Å². The first kappa shape index (κ1) is 10.8. The fourth-order valence-electron chi connectivity index (χ4n) is 1.77. The van der Waals surface area contributed by atoms with E-state index in [0.717, 1.165) is 16.8 Å². The minimum atomic E-state index is 0.624. The molecule has 18 heavy (non-hydrogen) atoms. The lowest BCUT2D eigenvalue weighted by atomic mass is 10.3. The van der Waals surface area contributed by atoms with Crippen molar-refractivity contribution in [3.8, 4) is 0 Å². The Morgan fingerprint density at radius 2 is 2.28 bits per heavy atom. The number of hydrogen-bond donors (Lipinski definition) is 1. The van der Waals surface area contributed by atoms with E-state index in [1.807, 2.05) is 12.1 Å². The zero-order valence-corrected chi connectivity index (χ0v) is 9.88. The van der Waals surface area contributed by atoms with Gasteiger partial charge in [0.2, 0.25) is 5.89 Å². The van der Waals surface area contributed by atoms with Crippen molar-refractivity contribution in [2.24, 2.45) is 0 Å². The number of aryl methyl sites for hydroxylation is 1. The molecule has 0 radical (unpaired) electrons. The molecule has 6 heteroatoms. The largest absolute Gasteiger partial charge is 0.464 e. The average Bonchev–Trinajstić information content (AvgIpc) is 2.98. The molecule has 3 aromatic heterocycles. The van der Waals surface area contributed by atoms with Crippen LogP contribution in [0, 0.1) is 6.92 Å². The molecule has 0 aliphatic heterocycles. The molecule has 0 aliphatic carbocycles. The quantitative estimate of drug-likeness (QED) is 0.757. The van der Waals surface area contributed by atoms with E-state index >= 15 is 0 Å². The molecule has 0 unspecified atom stereocenters. The molecule has 0 aliphatic rings. The summed E-state index contributed by atoms with van der Waals surface area (Å²) in [5.41, 5.74) is 0.820. The summed E-state index contributed by atoms with van der Waals surface area (Å²) in [7, 11) is 0. The van der Waals surface area contributed by atoms with Gasteiger partial charge in [-0.3, -0.25) is 0 Å². The van der Waals surface area contributed by atoms with E-state index in [1.165, 1.54) is 0 Å². The Morgan fingerprint density at radius 3 is 3.11 bits per heavy atom. The third-order valence-corrected chi connectivity index (χ3v) is 2.58. The minimum absolute atomic E-state index is 0.624. The van der Waals surface area contributed by atoms with Crippen molar-refractivity contribution in [3.05, 3.63) is 36.3 Å². The third kappa shape index (κ3) is 2.04. The molecule has 0 aromatic carbocycles. The number of nitrogens with one attached hydrogen (secondary N) is 1. The Kier molecular flexibility index (Phi) is 2.68. The molecule has 1 N–H and O–H groups in total. The molecule has 0 fully saturated rings. The van der Waals surface area contributed by atoms with Gasteiger partial charge in [0.1, 0.15) is 11.4 Å². The first-order valence-corrected chi connectivity index (χ1v) is 5.68. The molecule has 3 heterocycles. The van der Waals surface area contributed by atoms with Crippen molar-refractivity contribution in [1.82, 2.24) is 15.1 Å². The summed E-state index contributed by atoms with van der Waals surface area (Å²) in [4.78, 5) is 8.42. The number of aromatic nitrogens is 3. The Bertz CT molecular complexity index is 659. The molecular weight excluding hydrogens is 232 g/mol. The average molecular weight is 244 g/mol. The van der Waals surface area contributed by atoms with E-state index < -0.39 is 0 Å². The van der Waals surface area contributed by atoms with Crippen molar-refractivity contribution in [1.29, 1.82) is 0 Å². The molecule has 0 saturated carbocycles. The summed E-state index contributed by atoms with van der Waals surface area (Å²) >= 11 is 0. The highest BCUT2D eigenvalue weighted by Gasteiger charge is 2.05. The van der Waals surface area contributed by atoms with Gasteiger partial charge in [0.15, 0.2) is 5.82 Å². The maximum absolute atomic E-state index is 5.31. The van der Waals surface area contributed by atoms with Gasteiger partial charge >= 0.3 is 0 Å². The molecule has 0 saturated heterocycles.